The lowest BCUT2D eigenvalue weighted by molar-refractivity contribution is -0.341. The third-order valence-corrected chi connectivity index (χ3v) is 5.75. The molecule has 0 atom stereocenters. The van der Waals surface area contributed by atoms with Crippen molar-refractivity contribution in [2.24, 2.45) is 0 Å². The summed E-state index contributed by atoms with van der Waals surface area (Å²) in [5.41, 5.74) is 0. The van der Waals surface area contributed by atoms with Crippen molar-refractivity contribution in [3.05, 3.63) is 0 Å². The quantitative estimate of drug-likeness (QED) is 0.149. The molecule has 0 aliphatic heterocycles. The van der Waals surface area contributed by atoms with E-state index in [0.717, 1.165) is 12.8 Å². The van der Waals surface area contributed by atoms with E-state index in [2.05, 4.69) is 11.4 Å². The minimum atomic E-state index is -4.76. The molecule has 164 valence electrons. The lowest BCUT2D eigenvalue weighted by atomic mass is 10.0. The second kappa shape index (κ2) is 20.8. The van der Waals surface area contributed by atoms with Gasteiger partial charge in [-0.3, -0.25) is 0 Å². The van der Waals surface area contributed by atoms with E-state index in [4.69, 9.17) is 0 Å². The molecule has 0 radical (unpaired) electrons. The molecule has 5 heteroatoms. The van der Waals surface area contributed by atoms with Gasteiger partial charge in [0, 0.05) is 0 Å². The van der Waals surface area contributed by atoms with Crippen LogP contribution in [0, 0.1) is 0 Å². The van der Waals surface area contributed by atoms with Gasteiger partial charge in [-0.05, 0) is 6.42 Å². The number of hydrogen-bond acceptors (Lipinski definition) is 4. The maximum Gasteiger partial charge on any atom is 0.0596 e. The van der Waals surface area contributed by atoms with Crippen LogP contribution in [0.25, 0.3) is 0 Å². The number of rotatable bonds is 22. The van der Waals surface area contributed by atoms with Crippen LogP contribution in [0.1, 0.15) is 135 Å². The third-order valence-electron chi connectivity index (χ3n) is 5.25. The first-order chi connectivity index (χ1) is 13.1. The summed E-state index contributed by atoms with van der Waals surface area (Å²) in [6, 6.07) is 0. The van der Waals surface area contributed by atoms with E-state index >= 15 is 0 Å². The number of unbranched alkanes of at least 4 members (excludes halogenated alkanes) is 19. The van der Waals surface area contributed by atoms with Gasteiger partial charge in [0.05, 0.1) is 14.4 Å². The fourth-order valence-corrected chi connectivity index (χ4v) is 3.89. The molecular formula is C22H45O4P-2. The molecule has 4 nitrogen and oxygen atoms in total. The topological polar surface area (TPSA) is 72.4 Å². The average Bonchev–Trinajstić information content (AvgIpc) is 2.62. The Hall–Kier alpha value is 0.110. The van der Waals surface area contributed by atoms with Crippen molar-refractivity contribution < 1.29 is 18.9 Å². The SMILES string of the molecule is CCCCCCCCCCCCCCCCCCCCCCOP(=O)([O-])[O-]. The van der Waals surface area contributed by atoms with Gasteiger partial charge < -0.3 is 18.9 Å². The third kappa shape index (κ3) is 26.1. The first kappa shape index (κ1) is 27.1. The highest BCUT2D eigenvalue weighted by molar-refractivity contribution is 7.43. The highest BCUT2D eigenvalue weighted by Gasteiger charge is 1.96. The van der Waals surface area contributed by atoms with Gasteiger partial charge in [0.25, 0.3) is 0 Å². The van der Waals surface area contributed by atoms with E-state index in [1.54, 1.807) is 0 Å². The van der Waals surface area contributed by atoms with Crippen molar-refractivity contribution in [3.63, 3.8) is 0 Å². The predicted octanol–water partition coefficient (Wildman–Crippen LogP) is 6.65. The molecule has 0 aromatic carbocycles. The summed E-state index contributed by atoms with van der Waals surface area (Å²) >= 11 is 0. The van der Waals surface area contributed by atoms with Crippen LogP contribution in [-0.2, 0) is 9.09 Å². The fourth-order valence-electron chi connectivity index (χ4n) is 3.53. The van der Waals surface area contributed by atoms with Crippen molar-refractivity contribution in [1.29, 1.82) is 0 Å². The Labute approximate surface area is 169 Å². The van der Waals surface area contributed by atoms with Gasteiger partial charge >= 0.3 is 0 Å². The summed E-state index contributed by atoms with van der Waals surface area (Å²) in [6.45, 7) is 2.32. The van der Waals surface area contributed by atoms with Crippen molar-refractivity contribution in [2.45, 2.75) is 135 Å². The van der Waals surface area contributed by atoms with Crippen LogP contribution in [-0.4, -0.2) is 6.61 Å². The number of hydrogen-bond donors (Lipinski definition) is 0. The van der Waals surface area contributed by atoms with Gasteiger partial charge in [-0.15, -0.1) is 0 Å². The highest BCUT2D eigenvalue weighted by atomic mass is 31.2. The van der Waals surface area contributed by atoms with Crippen LogP contribution in [0.5, 0.6) is 0 Å². The van der Waals surface area contributed by atoms with Gasteiger partial charge in [0.15, 0.2) is 0 Å². The Morgan fingerprint density at radius 1 is 0.519 bits per heavy atom. The van der Waals surface area contributed by atoms with Gasteiger partial charge in [-0.2, -0.15) is 0 Å². The second-order valence-corrected chi connectivity index (χ2v) is 9.15. The van der Waals surface area contributed by atoms with Crippen molar-refractivity contribution >= 4 is 7.82 Å². The molecule has 0 aliphatic carbocycles. The fraction of sp³-hybridized carbons (Fsp3) is 1.00. The average molecular weight is 405 g/mol. The van der Waals surface area contributed by atoms with E-state index in [-0.39, 0.29) is 6.61 Å². The van der Waals surface area contributed by atoms with Gasteiger partial charge in [-0.25, -0.2) is 0 Å². The maximum atomic E-state index is 10.3. The zero-order valence-corrected chi connectivity index (χ0v) is 18.8. The smallest absolute Gasteiger partial charge is 0.0596 e. The molecule has 0 saturated heterocycles. The molecule has 0 aliphatic rings. The van der Waals surface area contributed by atoms with Gasteiger partial charge in [0.1, 0.15) is 0 Å². The summed E-state index contributed by atoms with van der Waals surface area (Å²) in [6.07, 6.45) is 26.2. The molecule has 0 amide bonds. The lowest BCUT2D eigenvalue weighted by Gasteiger charge is -2.28. The van der Waals surface area contributed by atoms with Crippen LogP contribution in [0.4, 0.5) is 0 Å². The zero-order valence-electron chi connectivity index (χ0n) is 17.9. The Morgan fingerprint density at radius 3 is 1.04 bits per heavy atom. The Bertz CT molecular complexity index is 330. The zero-order chi connectivity index (χ0) is 20.1. The second-order valence-electron chi connectivity index (χ2n) is 8.00. The molecule has 27 heavy (non-hydrogen) atoms. The summed E-state index contributed by atoms with van der Waals surface area (Å²) in [4.78, 5) is 20.6. The summed E-state index contributed by atoms with van der Waals surface area (Å²) in [5.74, 6) is 0. The molecule has 0 rings (SSSR count). The minimum absolute atomic E-state index is 0.0449. The maximum absolute atomic E-state index is 10.3. The van der Waals surface area contributed by atoms with E-state index in [1.165, 1.54) is 109 Å². The molecule has 0 aromatic heterocycles. The van der Waals surface area contributed by atoms with Crippen molar-refractivity contribution in [2.75, 3.05) is 6.61 Å². The first-order valence-electron chi connectivity index (χ1n) is 11.7. The molecular weight excluding hydrogens is 359 g/mol. The van der Waals surface area contributed by atoms with Crippen LogP contribution in [0.15, 0.2) is 0 Å². The number of phosphoric ester groups is 1. The van der Waals surface area contributed by atoms with E-state index in [0.29, 0.717) is 6.42 Å². The van der Waals surface area contributed by atoms with Crippen LogP contribution in [0.3, 0.4) is 0 Å². The highest BCUT2D eigenvalue weighted by Crippen LogP contribution is 2.24. The Morgan fingerprint density at radius 2 is 0.778 bits per heavy atom. The molecule has 0 saturated carbocycles. The van der Waals surface area contributed by atoms with Gasteiger partial charge in [0.2, 0.25) is 0 Å². The molecule has 0 aromatic rings. The molecule has 0 N–H and O–H groups in total. The number of phosphoric acid groups is 1. The van der Waals surface area contributed by atoms with Crippen molar-refractivity contribution in [3.8, 4) is 0 Å². The Kier molecular flexibility index (Phi) is 20.9. The van der Waals surface area contributed by atoms with Crippen LogP contribution < -0.4 is 9.79 Å². The van der Waals surface area contributed by atoms with Crippen molar-refractivity contribution in [1.82, 2.24) is 0 Å². The Balaban J connectivity index is 3.02. The molecule has 0 bridgehead atoms. The monoisotopic (exact) mass is 404 g/mol. The van der Waals surface area contributed by atoms with E-state index in [1.807, 2.05) is 0 Å². The first-order valence-corrected chi connectivity index (χ1v) is 13.2. The molecule has 0 fully saturated rings. The summed E-state index contributed by atoms with van der Waals surface area (Å²) in [7, 11) is -4.76. The largest absolute Gasteiger partial charge is 0.790 e. The summed E-state index contributed by atoms with van der Waals surface area (Å²) in [5, 5.41) is 0. The van der Waals surface area contributed by atoms with E-state index in [9.17, 15) is 14.4 Å². The normalized spacial score (nSPS) is 12.0. The summed E-state index contributed by atoms with van der Waals surface area (Å²) < 4.78 is 14.5. The van der Waals surface area contributed by atoms with E-state index < -0.39 is 7.82 Å². The van der Waals surface area contributed by atoms with Crippen LogP contribution >= 0.6 is 7.82 Å². The lowest BCUT2D eigenvalue weighted by Crippen LogP contribution is -2.16. The van der Waals surface area contributed by atoms with Gasteiger partial charge in [-0.1, -0.05) is 129 Å². The predicted molar refractivity (Wildman–Crippen MR) is 112 cm³/mol. The molecule has 0 spiro atoms. The molecule has 0 heterocycles. The minimum Gasteiger partial charge on any atom is -0.790 e. The van der Waals surface area contributed by atoms with Crippen LogP contribution in [0.2, 0.25) is 0 Å². The molecule has 0 unspecified atom stereocenters. The standard InChI is InChI=1S/C22H47O4P/c1-2-3-4-5-6-7-8-9-10-11-12-13-14-15-16-17-18-19-20-21-22-26-27(23,24)25/h2-22H2,1H3,(H2,23,24,25)/p-2.